The first-order valence-corrected chi connectivity index (χ1v) is 8.05. The average molecular weight is 312 g/mol. The Bertz CT molecular complexity index is 694. The fraction of sp³-hybridized carbons (Fsp3) is 0.250. The molecule has 2 heterocycles. The molecule has 1 saturated heterocycles. The van der Waals surface area contributed by atoms with E-state index in [-0.39, 0.29) is 18.7 Å². The van der Waals surface area contributed by atoms with Gasteiger partial charge in [0.05, 0.1) is 17.5 Å². The number of halogens is 1. The number of nitriles is 1. The molecule has 0 aromatic carbocycles. The van der Waals surface area contributed by atoms with Gasteiger partial charge >= 0.3 is 0 Å². The van der Waals surface area contributed by atoms with Crippen molar-refractivity contribution in [1.82, 2.24) is 9.88 Å². The molecule has 20 heavy (non-hydrogen) atoms. The third kappa shape index (κ3) is 2.98. The number of rotatable bonds is 3. The zero-order valence-electron chi connectivity index (χ0n) is 10.2. The molecule has 0 bridgehead atoms. The summed E-state index contributed by atoms with van der Waals surface area (Å²) in [4.78, 5) is 17.2. The van der Waals surface area contributed by atoms with Crippen molar-refractivity contribution in [1.29, 1.82) is 5.26 Å². The molecule has 1 fully saturated rings. The van der Waals surface area contributed by atoms with Gasteiger partial charge in [-0.05, 0) is 12.1 Å². The number of carbonyl (C=O) groups excluding carboxylic acids is 1. The highest BCUT2D eigenvalue weighted by Crippen LogP contribution is 2.28. The highest BCUT2D eigenvalue weighted by atomic mass is 35.7. The minimum absolute atomic E-state index is 0.0746. The van der Waals surface area contributed by atoms with Crippen LogP contribution in [0.15, 0.2) is 30.5 Å². The van der Waals surface area contributed by atoms with Crippen molar-refractivity contribution in [2.24, 2.45) is 0 Å². The number of likely N-dealkylation sites (tertiary alicyclic amines) is 1. The summed E-state index contributed by atoms with van der Waals surface area (Å²) in [5, 5.41) is 7.86. The number of hydrogen-bond acceptors (Lipinski definition) is 5. The van der Waals surface area contributed by atoms with Crippen molar-refractivity contribution in [3.63, 3.8) is 0 Å². The van der Waals surface area contributed by atoms with Gasteiger partial charge in [-0.2, -0.15) is 5.26 Å². The Balaban J connectivity index is 2.36. The topological polar surface area (TPSA) is 91.1 Å². The van der Waals surface area contributed by atoms with Crippen molar-refractivity contribution in [2.75, 3.05) is 6.54 Å². The van der Waals surface area contributed by atoms with Crippen molar-refractivity contribution in [2.45, 2.75) is 11.7 Å². The van der Waals surface area contributed by atoms with Crippen LogP contribution in [0.3, 0.4) is 0 Å². The van der Waals surface area contributed by atoms with E-state index in [9.17, 15) is 13.2 Å². The number of carbonyl (C=O) groups is 1. The molecule has 0 spiro atoms. The number of nitrogens with zero attached hydrogens (tertiary/aromatic N) is 3. The van der Waals surface area contributed by atoms with Crippen LogP contribution in [-0.2, 0) is 13.8 Å². The van der Waals surface area contributed by atoms with Crippen molar-refractivity contribution < 1.29 is 13.2 Å². The van der Waals surface area contributed by atoms with Gasteiger partial charge in [0.2, 0.25) is 15.0 Å². The number of aromatic nitrogens is 1. The third-order valence-electron chi connectivity index (χ3n) is 2.91. The molecule has 0 aliphatic carbocycles. The Morgan fingerprint density at radius 2 is 2.30 bits per heavy atom. The van der Waals surface area contributed by atoms with Gasteiger partial charge in [-0.15, -0.1) is 0 Å². The molecule has 0 saturated carbocycles. The Morgan fingerprint density at radius 1 is 1.55 bits per heavy atom. The highest BCUT2D eigenvalue weighted by molar-refractivity contribution is 8.14. The fourth-order valence-corrected chi connectivity index (χ4v) is 2.99. The van der Waals surface area contributed by atoms with Crippen LogP contribution in [0.5, 0.6) is 0 Å². The molecule has 6 nitrogen and oxygen atoms in total. The third-order valence-corrected chi connectivity index (χ3v) is 4.78. The summed E-state index contributed by atoms with van der Waals surface area (Å²) in [5.74, 6) is -0.397. The zero-order chi connectivity index (χ0) is 14.8. The lowest BCUT2D eigenvalue weighted by molar-refractivity contribution is -0.124. The Hall–Kier alpha value is -1.91. The molecule has 1 aromatic heterocycles. The molecule has 1 unspecified atom stereocenters. The SMILES string of the molecule is N#CC=C(c1ccccn1)N1CC(S(=O)(=O)Cl)CC1=O. The maximum atomic E-state index is 11.9. The van der Waals surface area contributed by atoms with E-state index >= 15 is 0 Å². The van der Waals surface area contributed by atoms with E-state index in [4.69, 9.17) is 15.9 Å². The number of amides is 1. The van der Waals surface area contributed by atoms with Crippen LogP contribution in [0.4, 0.5) is 0 Å². The summed E-state index contributed by atoms with van der Waals surface area (Å²) in [6, 6.07) is 6.89. The summed E-state index contributed by atoms with van der Waals surface area (Å²) in [5.41, 5.74) is 0.705. The first kappa shape index (κ1) is 14.5. The minimum atomic E-state index is -3.82. The Labute approximate surface area is 120 Å². The van der Waals surface area contributed by atoms with Gasteiger partial charge in [-0.25, -0.2) is 8.42 Å². The quantitative estimate of drug-likeness (QED) is 0.616. The maximum Gasteiger partial charge on any atom is 0.237 e. The highest BCUT2D eigenvalue weighted by Gasteiger charge is 2.39. The second-order valence-corrected chi connectivity index (χ2v) is 7.09. The molecule has 1 aliphatic heterocycles. The summed E-state index contributed by atoms with van der Waals surface area (Å²) >= 11 is 0. The van der Waals surface area contributed by atoms with E-state index in [1.165, 1.54) is 17.2 Å². The number of hydrogen-bond donors (Lipinski definition) is 0. The van der Waals surface area contributed by atoms with Gasteiger partial charge in [0, 0.05) is 35.9 Å². The molecule has 1 amide bonds. The van der Waals surface area contributed by atoms with Gasteiger partial charge in [-0.3, -0.25) is 9.78 Å². The first-order chi connectivity index (χ1) is 9.43. The molecule has 0 radical (unpaired) electrons. The molecule has 1 atom stereocenters. The van der Waals surface area contributed by atoms with Gasteiger partial charge in [0.15, 0.2) is 0 Å². The van der Waals surface area contributed by atoms with Crippen molar-refractivity contribution in [3.05, 3.63) is 36.2 Å². The van der Waals surface area contributed by atoms with Crippen LogP contribution in [0.25, 0.3) is 5.70 Å². The molecule has 0 N–H and O–H groups in total. The van der Waals surface area contributed by atoms with E-state index in [2.05, 4.69) is 4.98 Å². The van der Waals surface area contributed by atoms with Crippen molar-refractivity contribution in [3.8, 4) is 6.07 Å². The van der Waals surface area contributed by atoms with E-state index in [1.54, 1.807) is 18.2 Å². The molecular formula is C12H10ClN3O3S. The predicted octanol–water partition coefficient (Wildman–Crippen LogP) is 1.12. The van der Waals surface area contributed by atoms with Crippen LogP contribution in [-0.4, -0.2) is 36.0 Å². The van der Waals surface area contributed by atoms with Crippen LogP contribution >= 0.6 is 10.7 Å². The standard InChI is InChI=1S/C12H10ClN3O3S/c13-20(18,19)9-7-12(17)16(8-9)11(4-5-14)10-3-1-2-6-15-10/h1-4,6,9H,7-8H2. The van der Waals surface area contributed by atoms with Gasteiger partial charge in [-0.1, -0.05) is 6.07 Å². The lowest BCUT2D eigenvalue weighted by Gasteiger charge is -2.18. The predicted molar refractivity (Wildman–Crippen MR) is 72.7 cm³/mol. The molecule has 8 heteroatoms. The number of pyridine rings is 1. The fourth-order valence-electron chi connectivity index (χ4n) is 1.96. The van der Waals surface area contributed by atoms with Crippen LogP contribution in [0, 0.1) is 11.3 Å². The second-order valence-electron chi connectivity index (χ2n) is 4.18. The first-order valence-electron chi connectivity index (χ1n) is 5.68. The summed E-state index contributed by atoms with van der Waals surface area (Å²) < 4.78 is 22.7. The minimum Gasteiger partial charge on any atom is -0.308 e. The largest absolute Gasteiger partial charge is 0.308 e. The lowest BCUT2D eigenvalue weighted by Crippen LogP contribution is -2.26. The lowest BCUT2D eigenvalue weighted by atomic mass is 10.2. The Kier molecular flexibility index (Phi) is 4.06. The normalized spacial score (nSPS) is 20.0. The van der Waals surface area contributed by atoms with Crippen molar-refractivity contribution >= 4 is 31.3 Å². The van der Waals surface area contributed by atoms with E-state index < -0.39 is 20.2 Å². The molecule has 1 aromatic rings. The molecule has 104 valence electrons. The van der Waals surface area contributed by atoms with E-state index in [0.717, 1.165) is 0 Å². The van der Waals surface area contributed by atoms with Gasteiger partial charge < -0.3 is 4.90 Å². The summed E-state index contributed by atoms with van der Waals surface area (Å²) in [6.07, 6.45) is 2.50. The van der Waals surface area contributed by atoms with Crippen LogP contribution in [0.1, 0.15) is 12.1 Å². The summed E-state index contributed by atoms with van der Waals surface area (Å²) in [7, 11) is 1.47. The maximum absolute atomic E-state index is 11.9. The van der Waals surface area contributed by atoms with E-state index in [1.807, 2.05) is 6.07 Å². The van der Waals surface area contributed by atoms with Gasteiger partial charge in [0.25, 0.3) is 0 Å². The number of allylic oxidation sites excluding steroid dienone is 1. The molecule has 2 rings (SSSR count). The van der Waals surface area contributed by atoms with Gasteiger partial charge in [0.1, 0.15) is 5.25 Å². The van der Waals surface area contributed by atoms with Crippen LogP contribution < -0.4 is 0 Å². The molecule has 1 aliphatic rings. The summed E-state index contributed by atoms with van der Waals surface area (Å²) in [6.45, 7) is -0.0746. The second kappa shape index (κ2) is 5.61. The van der Waals surface area contributed by atoms with Crippen LogP contribution in [0.2, 0.25) is 0 Å². The average Bonchev–Trinajstić information content (AvgIpc) is 2.79. The van der Waals surface area contributed by atoms with E-state index in [0.29, 0.717) is 5.69 Å². The molecular weight excluding hydrogens is 302 g/mol. The monoisotopic (exact) mass is 311 g/mol. The smallest absolute Gasteiger partial charge is 0.237 e. The Morgan fingerprint density at radius 3 is 2.80 bits per heavy atom. The zero-order valence-corrected chi connectivity index (χ0v) is 11.8.